The molecule has 114 valence electrons. The molecule has 0 aromatic carbocycles. The second-order valence-electron chi connectivity index (χ2n) is 5.81. The molecule has 0 bridgehead atoms. The Hall–Kier alpha value is -1.04. The number of hydrogen-bond donors (Lipinski definition) is 0. The van der Waals surface area contributed by atoms with Gasteiger partial charge >= 0.3 is 6.18 Å². The van der Waals surface area contributed by atoms with Crippen LogP contribution in [0.15, 0.2) is 12.4 Å². The summed E-state index contributed by atoms with van der Waals surface area (Å²) >= 11 is 0. The molecular formula is C14H22F3N3. The lowest BCUT2D eigenvalue weighted by Gasteiger charge is -2.34. The molecule has 6 heteroatoms. The number of aryl methyl sites for hydroxylation is 1. The SMILES string of the molecule is Cc1nccn1CC1CCN(CC(C)C(F)(F)F)CC1. The Morgan fingerprint density at radius 1 is 1.35 bits per heavy atom. The molecule has 1 aliphatic rings. The summed E-state index contributed by atoms with van der Waals surface area (Å²) < 4.78 is 39.7. The van der Waals surface area contributed by atoms with Crippen molar-refractivity contribution in [1.29, 1.82) is 0 Å². The molecule has 1 saturated heterocycles. The van der Waals surface area contributed by atoms with Gasteiger partial charge in [0, 0.05) is 25.5 Å². The van der Waals surface area contributed by atoms with Crippen LogP contribution in [0, 0.1) is 18.8 Å². The normalized spacial score (nSPS) is 20.2. The van der Waals surface area contributed by atoms with E-state index >= 15 is 0 Å². The molecule has 2 rings (SSSR count). The van der Waals surface area contributed by atoms with Crippen LogP contribution in [-0.4, -0.2) is 40.3 Å². The predicted molar refractivity (Wildman–Crippen MR) is 71.3 cm³/mol. The van der Waals surface area contributed by atoms with E-state index in [-0.39, 0.29) is 6.54 Å². The van der Waals surface area contributed by atoms with Gasteiger partial charge in [0.25, 0.3) is 0 Å². The highest BCUT2D eigenvalue weighted by Gasteiger charge is 2.37. The molecule has 0 radical (unpaired) electrons. The molecule has 2 heterocycles. The van der Waals surface area contributed by atoms with Gasteiger partial charge in [-0.2, -0.15) is 13.2 Å². The van der Waals surface area contributed by atoms with Gasteiger partial charge in [-0.05, 0) is 38.8 Å². The van der Waals surface area contributed by atoms with Crippen molar-refractivity contribution in [3.63, 3.8) is 0 Å². The van der Waals surface area contributed by atoms with Gasteiger partial charge in [0.15, 0.2) is 0 Å². The summed E-state index contributed by atoms with van der Waals surface area (Å²) in [4.78, 5) is 6.13. The Bertz CT molecular complexity index is 420. The molecule has 1 aromatic heterocycles. The third-order valence-electron chi connectivity index (χ3n) is 4.18. The molecule has 1 atom stereocenters. The molecule has 3 nitrogen and oxygen atoms in total. The van der Waals surface area contributed by atoms with E-state index in [0.29, 0.717) is 5.92 Å². The number of imidazole rings is 1. The van der Waals surface area contributed by atoms with Crippen molar-refractivity contribution in [3.8, 4) is 0 Å². The van der Waals surface area contributed by atoms with Gasteiger partial charge in [0.2, 0.25) is 0 Å². The maximum Gasteiger partial charge on any atom is 0.392 e. The fourth-order valence-corrected chi connectivity index (χ4v) is 2.72. The van der Waals surface area contributed by atoms with Gasteiger partial charge in [0.1, 0.15) is 5.82 Å². The molecule has 0 saturated carbocycles. The summed E-state index contributed by atoms with van der Waals surface area (Å²) in [6.45, 7) is 5.81. The van der Waals surface area contributed by atoms with Crippen LogP contribution >= 0.6 is 0 Å². The lowest BCUT2D eigenvalue weighted by Crippen LogP contribution is -2.40. The molecule has 1 fully saturated rings. The average molecular weight is 289 g/mol. The summed E-state index contributed by atoms with van der Waals surface area (Å²) in [5.41, 5.74) is 0. The van der Waals surface area contributed by atoms with Crippen LogP contribution in [-0.2, 0) is 6.54 Å². The molecule has 0 N–H and O–H groups in total. The topological polar surface area (TPSA) is 21.1 Å². The minimum atomic E-state index is -4.08. The second kappa shape index (κ2) is 6.16. The number of likely N-dealkylation sites (tertiary alicyclic amines) is 1. The van der Waals surface area contributed by atoms with E-state index in [1.807, 2.05) is 18.0 Å². The molecule has 1 aliphatic heterocycles. The van der Waals surface area contributed by atoms with Gasteiger partial charge in [-0.3, -0.25) is 0 Å². The fraction of sp³-hybridized carbons (Fsp3) is 0.786. The predicted octanol–water partition coefficient (Wildman–Crippen LogP) is 3.10. The largest absolute Gasteiger partial charge is 0.392 e. The van der Waals surface area contributed by atoms with Crippen LogP contribution in [0.1, 0.15) is 25.6 Å². The Balaban J connectivity index is 1.77. The highest BCUT2D eigenvalue weighted by molar-refractivity contribution is 4.89. The van der Waals surface area contributed by atoms with E-state index in [1.54, 1.807) is 6.20 Å². The Kier molecular flexibility index (Phi) is 4.73. The lowest BCUT2D eigenvalue weighted by atomic mass is 9.96. The molecule has 0 spiro atoms. The van der Waals surface area contributed by atoms with Crippen LogP contribution in [0.3, 0.4) is 0 Å². The Morgan fingerprint density at radius 3 is 2.50 bits per heavy atom. The smallest absolute Gasteiger partial charge is 0.335 e. The van der Waals surface area contributed by atoms with Gasteiger partial charge in [-0.25, -0.2) is 4.98 Å². The van der Waals surface area contributed by atoms with E-state index in [1.165, 1.54) is 6.92 Å². The average Bonchev–Trinajstić information content (AvgIpc) is 2.76. The van der Waals surface area contributed by atoms with Crippen molar-refractivity contribution in [3.05, 3.63) is 18.2 Å². The van der Waals surface area contributed by atoms with E-state index < -0.39 is 12.1 Å². The summed E-state index contributed by atoms with van der Waals surface area (Å²) in [7, 11) is 0. The standard InChI is InChI=1S/C14H22F3N3/c1-11(14(15,16)17)9-19-6-3-13(4-7-19)10-20-8-5-18-12(20)2/h5,8,11,13H,3-4,6-7,9-10H2,1-2H3. The van der Waals surface area contributed by atoms with Crippen molar-refractivity contribution in [2.24, 2.45) is 11.8 Å². The van der Waals surface area contributed by atoms with Crippen molar-refractivity contribution in [2.45, 2.75) is 39.4 Å². The number of nitrogens with zero attached hydrogens (tertiary/aromatic N) is 3. The number of halogens is 3. The van der Waals surface area contributed by atoms with Gasteiger partial charge < -0.3 is 9.47 Å². The molecule has 0 aliphatic carbocycles. The lowest BCUT2D eigenvalue weighted by molar-refractivity contribution is -0.174. The van der Waals surface area contributed by atoms with E-state index in [4.69, 9.17) is 0 Å². The summed E-state index contributed by atoms with van der Waals surface area (Å²) in [6.07, 6.45) is 1.60. The third-order valence-corrected chi connectivity index (χ3v) is 4.18. The molecule has 20 heavy (non-hydrogen) atoms. The van der Waals surface area contributed by atoms with E-state index in [0.717, 1.165) is 38.3 Å². The van der Waals surface area contributed by atoms with E-state index in [9.17, 15) is 13.2 Å². The zero-order valence-corrected chi connectivity index (χ0v) is 12.0. The van der Waals surface area contributed by atoms with Crippen molar-refractivity contribution in [1.82, 2.24) is 14.5 Å². The van der Waals surface area contributed by atoms with Crippen molar-refractivity contribution < 1.29 is 13.2 Å². The fourth-order valence-electron chi connectivity index (χ4n) is 2.72. The van der Waals surface area contributed by atoms with Gasteiger partial charge in [0.05, 0.1) is 5.92 Å². The Morgan fingerprint density at radius 2 is 2.00 bits per heavy atom. The van der Waals surface area contributed by atoms with Crippen LogP contribution < -0.4 is 0 Å². The number of alkyl halides is 3. The number of piperidine rings is 1. The first-order valence-electron chi connectivity index (χ1n) is 7.13. The highest BCUT2D eigenvalue weighted by atomic mass is 19.4. The Labute approximate surface area is 117 Å². The third kappa shape index (κ3) is 3.98. The summed E-state index contributed by atoms with van der Waals surface area (Å²) in [6, 6.07) is 0. The summed E-state index contributed by atoms with van der Waals surface area (Å²) in [5.74, 6) is 0.299. The zero-order chi connectivity index (χ0) is 14.8. The maximum absolute atomic E-state index is 12.5. The first-order chi connectivity index (χ1) is 9.36. The quantitative estimate of drug-likeness (QED) is 0.849. The van der Waals surface area contributed by atoms with Gasteiger partial charge in [-0.15, -0.1) is 0 Å². The highest BCUT2D eigenvalue weighted by Crippen LogP contribution is 2.28. The molecule has 1 unspecified atom stereocenters. The number of aromatic nitrogens is 2. The van der Waals surface area contributed by atoms with Crippen LogP contribution in [0.4, 0.5) is 13.2 Å². The van der Waals surface area contributed by atoms with Crippen molar-refractivity contribution >= 4 is 0 Å². The molecule has 0 amide bonds. The number of rotatable bonds is 4. The minimum absolute atomic E-state index is 0.125. The van der Waals surface area contributed by atoms with Gasteiger partial charge in [-0.1, -0.05) is 6.92 Å². The minimum Gasteiger partial charge on any atom is -0.335 e. The van der Waals surface area contributed by atoms with Crippen LogP contribution in [0.25, 0.3) is 0 Å². The zero-order valence-electron chi connectivity index (χ0n) is 12.0. The maximum atomic E-state index is 12.5. The van der Waals surface area contributed by atoms with Crippen molar-refractivity contribution in [2.75, 3.05) is 19.6 Å². The molecule has 1 aromatic rings. The number of hydrogen-bond acceptors (Lipinski definition) is 2. The first-order valence-corrected chi connectivity index (χ1v) is 7.13. The van der Waals surface area contributed by atoms with Crippen LogP contribution in [0.2, 0.25) is 0 Å². The van der Waals surface area contributed by atoms with Crippen LogP contribution in [0.5, 0.6) is 0 Å². The van der Waals surface area contributed by atoms with E-state index in [2.05, 4.69) is 9.55 Å². The molecular weight excluding hydrogens is 267 g/mol. The summed E-state index contributed by atoms with van der Waals surface area (Å²) in [5, 5.41) is 0. The second-order valence-corrected chi connectivity index (χ2v) is 5.81. The first kappa shape index (κ1) is 15.4. The monoisotopic (exact) mass is 289 g/mol.